The van der Waals surface area contributed by atoms with Crippen molar-refractivity contribution in [3.8, 4) is 0 Å². The molecule has 0 atom stereocenters. The summed E-state index contributed by atoms with van der Waals surface area (Å²) in [6, 6.07) is 7.86. The first-order valence-electron chi connectivity index (χ1n) is 8.23. The molecule has 23 heavy (non-hydrogen) atoms. The second-order valence-corrected chi connectivity index (χ2v) is 7.43. The fourth-order valence-electron chi connectivity index (χ4n) is 3.18. The Bertz CT molecular complexity index is 616. The molecular weight excluding hydrogens is 401 g/mol. The highest BCUT2D eigenvalue weighted by Gasteiger charge is 2.23. The molecule has 1 aliphatic heterocycles. The quantitative estimate of drug-likeness (QED) is 0.686. The zero-order chi connectivity index (χ0) is 16.1. The van der Waals surface area contributed by atoms with E-state index >= 15 is 0 Å². The Labute approximate surface area is 151 Å². The molecule has 122 valence electrons. The van der Waals surface area contributed by atoms with E-state index in [1.54, 1.807) is 0 Å². The monoisotopic (exact) mass is 423 g/mol. The van der Waals surface area contributed by atoms with E-state index in [-0.39, 0.29) is 5.91 Å². The lowest BCUT2D eigenvalue weighted by Gasteiger charge is -2.32. The van der Waals surface area contributed by atoms with Crippen LogP contribution in [0, 0.1) is 9.49 Å². The lowest BCUT2D eigenvalue weighted by Crippen LogP contribution is -2.38. The van der Waals surface area contributed by atoms with Gasteiger partial charge in [0.25, 0.3) is 5.91 Å². The molecule has 2 aromatic rings. The number of carbonyl (C=O) groups excluding carboxylic acids is 1. The van der Waals surface area contributed by atoms with E-state index in [9.17, 15) is 4.79 Å². The molecule has 0 unspecified atom stereocenters. The normalized spacial score (nSPS) is 15.8. The summed E-state index contributed by atoms with van der Waals surface area (Å²) in [7, 11) is 0. The number of rotatable bonds is 5. The maximum absolute atomic E-state index is 12.5. The summed E-state index contributed by atoms with van der Waals surface area (Å²) in [6.45, 7) is 2.82. The highest BCUT2D eigenvalue weighted by Crippen LogP contribution is 2.23. The predicted molar refractivity (Wildman–Crippen MR) is 99.2 cm³/mol. The smallest absolute Gasteiger partial charge is 0.253 e. The Balaban J connectivity index is 1.42. The lowest BCUT2D eigenvalue weighted by atomic mass is 9.92. The summed E-state index contributed by atoms with van der Waals surface area (Å²) < 4.78 is 3.30. The largest absolute Gasteiger partial charge is 0.339 e. The van der Waals surface area contributed by atoms with Crippen LogP contribution in [0.1, 0.15) is 36.0 Å². The molecule has 1 saturated heterocycles. The zero-order valence-electron chi connectivity index (χ0n) is 13.2. The molecule has 1 fully saturated rings. The summed E-state index contributed by atoms with van der Waals surface area (Å²) >= 11 is 2.26. The van der Waals surface area contributed by atoms with Crippen LogP contribution < -0.4 is 0 Å². The van der Waals surface area contributed by atoms with Crippen LogP contribution in [0.25, 0.3) is 0 Å². The first-order valence-corrected chi connectivity index (χ1v) is 9.31. The first-order chi connectivity index (χ1) is 11.2. The van der Waals surface area contributed by atoms with E-state index in [2.05, 4.69) is 32.1 Å². The van der Waals surface area contributed by atoms with E-state index in [1.165, 1.54) is 12.8 Å². The van der Waals surface area contributed by atoms with Gasteiger partial charge >= 0.3 is 0 Å². The summed E-state index contributed by atoms with van der Waals surface area (Å²) in [5.74, 6) is 0.928. The molecule has 4 nitrogen and oxygen atoms in total. The minimum atomic E-state index is 0.179. The van der Waals surface area contributed by atoms with Crippen LogP contribution >= 0.6 is 22.6 Å². The fraction of sp³-hybridized carbons (Fsp3) is 0.444. The van der Waals surface area contributed by atoms with Gasteiger partial charge in [0.1, 0.15) is 0 Å². The molecule has 3 rings (SSSR count). The van der Waals surface area contributed by atoms with Gasteiger partial charge in [-0.25, -0.2) is 4.98 Å². The number of nitrogens with zero attached hydrogens (tertiary/aromatic N) is 3. The van der Waals surface area contributed by atoms with Gasteiger partial charge < -0.3 is 9.47 Å². The second-order valence-electron chi connectivity index (χ2n) is 6.19. The van der Waals surface area contributed by atoms with Crippen molar-refractivity contribution in [3.63, 3.8) is 0 Å². The van der Waals surface area contributed by atoms with Gasteiger partial charge in [-0.15, -0.1) is 0 Å². The van der Waals surface area contributed by atoms with Gasteiger partial charge in [0.15, 0.2) is 0 Å². The van der Waals surface area contributed by atoms with Gasteiger partial charge in [0.2, 0.25) is 0 Å². The maximum atomic E-state index is 12.5. The van der Waals surface area contributed by atoms with Gasteiger partial charge in [-0.3, -0.25) is 4.79 Å². The fourth-order valence-corrected chi connectivity index (χ4v) is 3.54. The SMILES string of the molecule is O=C(c1ccc(I)cc1)N1CCC(CCCn2ccnc2)CC1. The van der Waals surface area contributed by atoms with E-state index in [0.717, 1.165) is 47.5 Å². The number of halogens is 1. The number of likely N-dealkylation sites (tertiary alicyclic amines) is 1. The number of carbonyl (C=O) groups is 1. The van der Waals surface area contributed by atoms with Crippen LogP contribution in [0.15, 0.2) is 43.0 Å². The molecule has 1 aromatic heterocycles. The summed E-state index contributed by atoms with van der Waals surface area (Å²) in [6.07, 6.45) is 10.4. The third-order valence-electron chi connectivity index (χ3n) is 4.58. The summed E-state index contributed by atoms with van der Waals surface area (Å²) in [5, 5.41) is 0. The number of piperidine rings is 1. The molecule has 1 aromatic carbocycles. The number of aromatic nitrogens is 2. The third-order valence-corrected chi connectivity index (χ3v) is 5.30. The second kappa shape index (κ2) is 7.95. The molecule has 2 heterocycles. The summed E-state index contributed by atoms with van der Waals surface area (Å²) in [4.78, 5) is 18.6. The number of hydrogen-bond acceptors (Lipinski definition) is 2. The number of aryl methyl sites for hydroxylation is 1. The number of benzene rings is 1. The van der Waals surface area contributed by atoms with Crippen molar-refractivity contribution in [2.75, 3.05) is 13.1 Å². The molecule has 0 spiro atoms. The van der Waals surface area contributed by atoms with Crippen molar-refractivity contribution < 1.29 is 4.79 Å². The highest BCUT2D eigenvalue weighted by atomic mass is 127. The average Bonchev–Trinajstić information content (AvgIpc) is 3.09. The topological polar surface area (TPSA) is 38.1 Å². The standard InChI is InChI=1S/C18H22IN3O/c19-17-5-3-16(4-6-17)18(23)22-11-7-15(8-12-22)2-1-10-21-13-9-20-14-21/h3-6,9,13-15H,1-2,7-8,10-12H2. The van der Waals surface area contributed by atoms with Gasteiger partial charge in [0, 0.05) is 41.2 Å². The first kappa shape index (κ1) is 16.5. The number of amides is 1. The number of imidazole rings is 1. The van der Waals surface area contributed by atoms with Gasteiger partial charge in [-0.05, 0) is 78.5 Å². The Morgan fingerprint density at radius 2 is 1.96 bits per heavy atom. The van der Waals surface area contributed by atoms with Gasteiger partial charge in [-0.1, -0.05) is 0 Å². The Morgan fingerprint density at radius 1 is 1.22 bits per heavy atom. The van der Waals surface area contributed by atoms with Crippen molar-refractivity contribution >= 4 is 28.5 Å². The van der Waals surface area contributed by atoms with Crippen LogP contribution in [0.3, 0.4) is 0 Å². The average molecular weight is 423 g/mol. The molecule has 5 heteroatoms. The van der Waals surface area contributed by atoms with Crippen LogP contribution in [0.4, 0.5) is 0 Å². The van der Waals surface area contributed by atoms with Crippen LogP contribution in [0.2, 0.25) is 0 Å². The van der Waals surface area contributed by atoms with Crippen molar-refractivity contribution in [2.24, 2.45) is 5.92 Å². The Morgan fingerprint density at radius 3 is 2.61 bits per heavy atom. The maximum Gasteiger partial charge on any atom is 0.253 e. The molecule has 0 saturated carbocycles. The third kappa shape index (κ3) is 4.56. The van der Waals surface area contributed by atoms with E-state index in [0.29, 0.717) is 0 Å². The lowest BCUT2D eigenvalue weighted by molar-refractivity contribution is 0.0685. The van der Waals surface area contributed by atoms with E-state index < -0.39 is 0 Å². The van der Waals surface area contributed by atoms with Crippen molar-refractivity contribution in [2.45, 2.75) is 32.2 Å². The molecule has 0 bridgehead atoms. The van der Waals surface area contributed by atoms with Gasteiger partial charge in [0.05, 0.1) is 6.33 Å². The predicted octanol–water partition coefficient (Wildman–Crippen LogP) is 3.82. The van der Waals surface area contributed by atoms with Gasteiger partial charge in [-0.2, -0.15) is 0 Å². The summed E-state index contributed by atoms with van der Waals surface area (Å²) in [5.41, 5.74) is 0.809. The molecule has 0 N–H and O–H groups in total. The Hall–Kier alpha value is -1.37. The Kier molecular flexibility index (Phi) is 5.70. The molecular formula is C18H22IN3O. The number of hydrogen-bond donors (Lipinski definition) is 0. The minimum Gasteiger partial charge on any atom is -0.339 e. The van der Waals surface area contributed by atoms with Crippen molar-refractivity contribution in [1.82, 2.24) is 14.5 Å². The van der Waals surface area contributed by atoms with E-state index in [4.69, 9.17) is 0 Å². The minimum absolute atomic E-state index is 0.179. The zero-order valence-corrected chi connectivity index (χ0v) is 15.4. The van der Waals surface area contributed by atoms with Crippen LogP contribution in [-0.2, 0) is 6.54 Å². The molecule has 0 aliphatic carbocycles. The van der Waals surface area contributed by atoms with Crippen molar-refractivity contribution in [3.05, 3.63) is 52.1 Å². The van der Waals surface area contributed by atoms with E-state index in [1.807, 2.05) is 47.9 Å². The molecule has 0 radical (unpaired) electrons. The van der Waals surface area contributed by atoms with Crippen molar-refractivity contribution in [1.29, 1.82) is 0 Å². The molecule has 1 amide bonds. The van der Waals surface area contributed by atoms with Crippen LogP contribution in [-0.4, -0.2) is 33.4 Å². The highest BCUT2D eigenvalue weighted by molar-refractivity contribution is 14.1. The van der Waals surface area contributed by atoms with Crippen LogP contribution in [0.5, 0.6) is 0 Å². The molecule has 1 aliphatic rings.